The molecule has 24 heavy (non-hydrogen) atoms. The van der Waals surface area contributed by atoms with Gasteiger partial charge in [0, 0.05) is 0 Å². The Morgan fingerprint density at radius 2 is 2.17 bits per heavy atom. The molecule has 0 spiro atoms. The lowest BCUT2D eigenvalue weighted by Crippen LogP contribution is -2.16. The van der Waals surface area contributed by atoms with Gasteiger partial charge >= 0.3 is 13.9 Å². The highest BCUT2D eigenvalue weighted by Crippen LogP contribution is 2.37. The number of phosphoric ester groups is 1. The average Bonchev–Trinajstić information content (AvgIpc) is 2.86. The summed E-state index contributed by atoms with van der Waals surface area (Å²) in [5, 5.41) is 2.41. The Bertz CT molecular complexity index is 769. The van der Waals surface area contributed by atoms with Crippen LogP contribution in [0.1, 0.15) is 25.3 Å². The second kappa shape index (κ2) is 7.76. The summed E-state index contributed by atoms with van der Waals surface area (Å²) in [6, 6.07) is 5.58. The van der Waals surface area contributed by atoms with Crippen molar-refractivity contribution in [2.24, 2.45) is 0 Å². The number of nitrogens with one attached hydrogen (secondary N) is 1. The highest BCUT2D eigenvalue weighted by atomic mass is 31.2. The molecule has 1 amide bonds. The van der Waals surface area contributed by atoms with Gasteiger partial charge < -0.3 is 14.5 Å². The lowest BCUT2D eigenvalue weighted by molar-refractivity contribution is 0.157. The first-order valence-corrected chi connectivity index (χ1v) is 8.91. The van der Waals surface area contributed by atoms with Crippen LogP contribution in [0.25, 0.3) is 11.0 Å². The lowest BCUT2D eigenvalue weighted by Gasteiger charge is -2.11. The number of unbranched alkanes of at least 4 members (excludes halogenated alkanes) is 1. The summed E-state index contributed by atoms with van der Waals surface area (Å²) in [6.07, 6.45) is 2.20. The lowest BCUT2D eigenvalue weighted by atomic mass is 10.1. The van der Waals surface area contributed by atoms with E-state index in [0.29, 0.717) is 11.0 Å². The third-order valence-corrected chi connectivity index (χ3v) is 3.84. The van der Waals surface area contributed by atoms with Crippen molar-refractivity contribution in [2.75, 3.05) is 12.4 Å². The van der Waals surface area contributed by atoms with E-state index in [2.05, 4.69) is 26.5 Å². The average molecular weight is 357 g/mol. The van der Waals surface area contributed by atoms with E-state index in [-0.39, 0.29) is 5.95 Å². The summed E-state index contributed by atoms with van der Waals surface area (Å²) < 4.78 is 21.4. The molecule has 1 aromatic carbocycles. The molecule has 0 unspecified atom stereocenters. The number of hydrogen-bond donors (Lipinski definition) is 3. The van der Waals surface area contributed by atoms with Gasteiger partial charge in [-0.1, -0.05) is 19.4 Å². The number of aromatic nitrogens is 2. The van der Waals surface area contributed by atoms with Crippen molar-refractivity contribution in [1.82, 2.24) is 9.55 Å². The van der Waals surface area contributed by atoms with Gasteiger partial charge in [-0.2, -0.15) is 0 Å². The molecular formula is C14H20N3O6P. The molecule has 1 heterocycles. The van der Waals surface area contributed by atoms with E-state index in [9.17, 15) is 9.36 Å². The van der Waals surface area contributed by atoms with Crippen LogP contribution < -0.4 is 5.32 Å². The fourth-order valence-corrected chi connectivity index (χ4v) is 2.47. The molecule has 0 aliphatic heterocycles. The quantitative estimate of drug-likeness (QED) is 0.651. The zero-order valence-electron chi connectivity index (χ0n) is 13.4. The van der Waals surface area contributed by atoms with Crippen LogP contribution in [0.3, 0.4) is 0 Å². The van der Waals surface area contributed by atoms with Crippen LogP contribution in [-0.2, 0) is 27.0 Å². The van der Waals surface area contributed by atoms with Gasteiger partial charge in [-0.05, 0) is 30.5 Å². The Labute approximate surface area is 138 Å². The maximum absolute atomic E-state index is 11.4. The minimum Gasteiger partial charge on any atom is -0.453 e. The van der Waals surface area contributed by atoms with Gasteiger partial charge in [-0.3, -0.25) is 14.4 Å². The Morgan fingerprint density at radius 3 is 2.79 bits per heavy atom. The van der Waals surface area contributed by atoms with Crippen molar-refractivity contribution in [3.05, 3.63) is 23.8 Å². The molecule has 2 aromatic rings. The Hall–Kier alpha value is -1.93. The molecule has 0 saturated heterocycles. The summed E-state index contributed by atoms with van der Waals surface area (Å²) >= 11 is 0. The van der Waals surface area contributed by atoms with Crippen LogP contribution in [0.2, 0.25) is 0 Å². The highest BCUT2D eigenvalue weighted by molar-refractivity contribution is 7.46. The van der Waals surface area contributed by atoms with E-state index in [4.69, 9.17) is 9.79 Å². The topological polar surface area (TPSA) is 123 Å². The standard InChI is InChI=1S/C14H20N3O6P/c1-3-4-5-10-6-7-11-12(8-10)17(9-23-24(19,20)21)13(15-11)16-14(18)22-2/h6-8H,3-5,9H2,1-2H3,(H,15,16,18)(H2,19,20,21). The number of phosphoric acid groups is 1. The maximum atomic E-state index is 11.4. The summed E-state index contributed by atoms with van der Waals surface area (Å²) in [5.74, 6) is 0.0814. The number of hydrogen-bond acceptors (Lipinski definition) is 5. The number of benzene rings is 1. The van der Waals surface area contributed by atoms with Gasteiger partial charge in [0.2, 0.25) is 5.95 Å². The van der Waals surface area contributed by atoms with E-state index >= 15 is 0 Å². The van der Waals surface area contributed by atoms with Gasteiger partial charge in [-0.25, -0.2) is 14.3 Å². The number of ether oxygens (including phenoxy) is 1. The monoisotopic (exact) mass is 357 g/mol. The molecule has 0 atom stereocenters. The van der Waals surface area contributed by atoms with Crippen molar-refractivity contribution >= 4 is 30.9 Å². The number of carbonyl (C=O) groups is 1. The molecule has 1 aromatic heterocycles. The first kappa shape index (κ1) is 18.4. The largest absolute Gasteiger partial charge is 0.471 e. The molecule has 2 rings (SSSR count). The highest BCUT2D eigenvalue weighted by Gasteiger charge is 2.19. The van der Waals surface area contributed by atoms with Crippen LogP contribution >= 0.6 is 7.82 Å². The smallest absolute Gasteiger partial charge is 0.453 e. The number of imidazole rings is 1. The van der Waals surface area contributed by atoms with Gasteiger partial charge in [0.25, 0.3) is 0 Å². The van der Waals surface area contributed by atoms with Crippen LogP contribution in [0.4, 0.5) is 10.7 Å². The second-order valence-electron chi connectivity index (χ2n) is 5.16. The predicted molar refractivity (Wildman–Crippen MR) is 87.5 cm³/mol. The summed E-state index contributed by atoms with van der Waals surface area (Å²) in [6.45, 7) is 1.63. The van der Waals surface area contributed by atoms with Crippen molar-refractivity contribution in [3.63, 3.8) is 0 Å². The number of rotatable bonds is 7. The molecule has 132 valence electrons. The van der Waals surface area contributed by atoms with Crippen LogP contribution in [0.5, 0.6) is 0 Å². The molecule has 10 heteroatoms. The number of fused-ring (bicyclic) bond motifs is 1. The molecule has 0 radical (unpaired) electrons. The summed E-state index contributed by atoms with van der Waals surface area (Å²) in [5.41, 5.74) is 2.23. The van der Waals surface area contributed by atoms with Gasteiger partial charge in [0.1, 0.15) is 6.73 Å². The van der Waals surface area contributed by atoms with Gasteiger partial charge in [0.05, 0.1) is 18.1 Å². The van der Waals surface area contributed by atoms with Crippen molar-refractivity contribution in [3.8, 4) is 0 Å². The zero-order valence-corrected chi connectivity index (χ0v) is 14.3. The molecule has 0 aliphatic rings. The molecule has 9 nitrogen and oxygen atoms in total. The minimum atomic E-state index is -4.67. The fourth-order valence-electron chi connectivity index (χ4n) is 2.21. The van der Waals surface area contributed by atoms with E-state index in [1.807, 2.05) is 12.1 Å². The Morgan fingerprint density at radius 1 is 1.42 bits per heavy atom. The van der Waals surface area contributed by atoms with E-state index < -0.39 is 20.6 Å². The Balaban J connectivity index is 2.41. The van der Waals surface area contributed by atoms with E-state index in [1.54, 1.807) is 6.07 Å². The number of nitrogens with zero attached hydrogens (tertiary/aromatic N) is 2. The Kier molecular flexibility index (Phi) is 5.95. The minimum absolute atomic E-state index is 0.0814. The summed E-state index contributed by atoms with van der Waals surface area (Å²) in [7, 11) is -3.46. The zero-order chi connectivity index (χ0) is 17.7. The van der Waals surface area contributed by atoms with Crippen molar-refractivity contribution in [1.29, 1.82) is 0 Å². The van der Waals surface area contributed by atoms with E-state index in [0.717, 1.165) is 24.8 Å². The van der Waals surface area contributed by atoms with Crippen molar-refractivity contribution < 1.29 is 28.4 Å². The van der Waals surface area contributed by atoms with Crippen LogP contribution in [0, 0.1) is 0 Å². The van der Waals surface area contributed by atoms with Crippen LogP contribution in [-0.4, -0.2) is 32.5 Å². The third kappa shape index (κ3) is 4.78. The maximum Gasteiger partial charge on any atom is 0.471 e. The molecule has 0 fully saturated rings. The van der Waals surface area contributed by atoms with Crippen LogP contribution in [0.15, 0.2) is 18.2 Å². The number of aryl methyl sites for hydroxylation is 1. The number of amides is 1. The van der Waals surface area contributed by atoms with Gasteiger partial charge in [-0.15, -0.1) is 0 Å². The SMILES string of the molecule is CCCCc1ccc2nc(NC(=O)OC)n(COP(=O)(O)O)c2c1. The number of anilines is 1. The van der Waals surface area contributed by atoms with Gasteiger partial charge in [0.15, 0.2) is 0 Å². The third-order valence-electron chi connectivity index (χ3n) is 3.39. The number of carbonyl (C=O) groups excluding carboxylic acids is 1. The first-order chi connectivity index (χ1) is 11.3. The summed E-state index contributed by atoms with van der Waals surface area (Å²) in [4.78, 5) is 33.5. The molecular weight excluding hydrogens is 337 g/mol. The number of methoxy groups -OCH3 is 1. The molecule has 0 saturated carbocycles. The predicted octanol–water partition coefficient (Wildman–Crippen LogP) is 2.62. The van der Waals surface area contributed by atoms with Crippen molar-refractivity contribution in [2.45, 2.75) is 32.9 Å². The molecule has 3 N–H and O–H groups in total. The fraction of sp³-hybridized carbons (Fsp3) is 0.429. The molecule has 0 aliphatic carbocycles. The van der Waals surface area contributed by atoms with E-state index in [1.165, 1.54) is 11.7 Å². The molecule has 0 bridgehead atoms. The first-order valence-electron chi connectivity index (χ1n) is 7.38. The second-order valence-corrected chi connectivity index (χ2v) is 6.39. The normalized spacial score (nSPS) is 11.7.